The summed E-state index contributed by atoms with van der Waals surface area (Å²) < 4.78 is 18.8. The molecule has 0 saturated carbocycles. The summed E-state index contributed by atoms with van der Waals surface area (Å²) in [6, 6.07) is 5.99. The molecule has 1 unspecified atom stereocenters. The van der Waals surface area contributed by atoms with E-state index in [1.54, 1.807) is 24.3 Å². The van der Waals surface area contributed by atoms with Crippen molar-refractivity contribution in [3.8, 4) is 5.75 Å². The molecular weight excluding hydrogens is 255 g/mol. The minimum Gasteiger partial charge on any atom is -0.496 e. The van der Waals surface area contributed by atoms with Crippen molar-refractivity contribution in [2.75, 3.05) is 7.11 Å². The van der Waals surface area contributed by atoms with Crippen molar-refractivity contribution in [1.29, 1.82) is 0 Å². The second-order valence-corrected chi connectivity index (χ2v) is 4.20. The Morgan fingerprint density at radius 1 is 1.33 bits per heavy atom. The standard InChI is InChI=1S/C13H12ClFN2O/c1-18-12-6-8(14)2-3-10(12)13(16)9-4-5-17-7-11(9)15/h2-7,13H,16H2,1H3. The Kier molecular flexibility index (Phi) is 3.79. The number of nitrogens with two attached hydrogens (primary N) is 1. The van der Waals surface area contributed by atoms with Crippen LogP contribution in [0.1, 0.15) is 17.2 Å². The van der Waals surface area contributed by atoms with Crippen molar-refractivity contribution in [1.82, 2.24) is 4.98 Å². The van der Waals surface area contributed by atoms with Crippen molar-refractivity contribution in [3.63, 3.8) is 0 Å². The van der Waals surface area contributed by atoms with Crippen LogP contribution in [0.4, 0.5) is 4.39 Å². The molecule has 5 heteroatoms. The van der Waals surface area contributed by atoms with Crippen LogP contribution in [0.15, 0.2) is 36.7 Å². The fourth-order valence-electron chi connectivity index (χ4n) is 1.75. The summed E-state index contributed by atoms with van der Waals surface area (Å²) in [5.74, 6) is 0.0909. The number of aromatic nitrogens is 1. The first-order valence-corrected chi connectivity index (χ1v) is 5.69. The zero-order chi connectivity index (χ0) is 13.1. The highest BCUT2D eigenvalue weighted by Crippen LogP contribution is 2.31. The molecule has 2 aromatic rings. The molecule has 1 atom stereocenters. The van der Waals surface area contributed by atoms with Gasteiger partial charge >= 0.3 is 0 Å². The van der Waals surface area contributed by atoms with E-state index in [-0.39, 0.29) is 0 Å². The third kappa shape index (κ3) is 2.44. The lowest BCUT2D eigenvalue weighted by Gasteiger charge is -2.16. The van der Waals surface area contributed by atoms with Gasteiger partial charge in [0.1, 0.15) is 11.6 Å². The smallest absolute Gasteiger partial charge is 0.146 e. The summed E-state index contributed by atoms with van der Waals surface area (Å²) in [6.07, 6.45) is 2.64. The topological polar surface area (TPSA) is 48.1 Å². The summed E-state index contributed by atoms with van der Waals surface area (Å²) in [5.41, 5.74) is 7.09. The molecule has 0 amide bonds. The van der Waals surface area contributed by atoms with Crippen LogP contribution in [-0.2, 0) is 0 Å². The molecule has 94 valence electrons. The molecule has 2 N–H and O–H groups in total. The zero-order valence-electron chi connectivity index (χ0n) is 9.73. The number of hydrogen-bond donors (Lipinski definition) is 1. The molecule has 0 bridgehead atoms. The largest absolute Gasteiger partial charge is 0.496 e. The minimum absolute atomic E-state index is 0.366. The van der Waals surface area contributed by atoms with Crippen molar-refractivity contribution in [2.45, 2.75) is 6.04 Å². The number of pyridine rings is 1. The number of hydrogen-bond acceptors (Lipinski definition) is 3. The lowest BCUT2D eigenvalue weighted by Crippen LogP contribution is -2.14. The number of methoxy groups -OCH3 is 1. The Bertz CT molecular complexity index is 562. The summed E-state index contributed by atoms with van der Waals surface area (Å²) in [4.78, 5) is 3.69. The molecule has 0 aliphatic heterocycles. The van der Waals surface area contributed by atoms with Gasteiger partial charge in [0.2, 0.25) is 0 Å². The first kappa shape index (κ1) is 12.8. The van der Waals surface area contributed by atoms with Crippen molar-refractivity contribution in [2.24, 2.45) is 5.73 Å². The van der Waals surface area contributed by atoms with Gasteiger partial charge in [-0.1, -0.05) is 17.7 Å². The number of benzene rings is 1. The van der Waals surface area contributed by atoms with Crippen LogP contribution in [0.2, 0.25) is 5.02 Å². The van der Waals surface area contributed by atoms with Crippen molar-refractivity contribution in [3.05, 3.63) is 58.6 Å². The fraction of sp³-hybridized carbons (Fsp3) is 0.154. The molecular formula is C13H12ClFN2O. The van der Waals surface area contributed by atoms with Gasteiger partial charge in [-0.05, 0) is 18.2 Å². The maximum atomic E-state index is 13.6. The van der Waals surface area contributed by atoms with E-state index in [1.165, 1.54) is 13.3 Å². The Morgan fingerprint density at radius 3 is 2.78 bits per heavy atom. The van der Waals surface area contributed by atoms with Gasteiger partial charge in [-0.25, -0.2) is 4.39 Å². The van der Waals surface area contributed by atoms with E-state index in [4.69, 9.17) is 22.1 Å². The van der Waals surface area contributed by atoms with E-state index < -0.39 is 11.9 Å². The second-order valence-electron chi connectivity index (χ2n) is 3.76. The van der Waals surface area contributed by atoms with E-state index in [9.17, 15) is 4.39 Å². The van der Waals surface area contributed by atoms with E-state index in [0.717, 1.165) is 6.20 Å². The van der Waals surface area contributed by atoms with E-state index >= 15 is 0 Å². The van der Waals surface area contributed by atoms with Gasteiger partial charge in [-0.2, -0.15) is 0 Å². The molecule has 2 rings (SSSR count). The molecule has 0 radical (unpaired) electrons. The Labute approximate surface area is 109 Å². The van der Waals surface area contributed by atoms with Crippen LogP contribution in [-0.4, -0.2) is 12.1 Å². The Hall–Kier alpha value is -1.65. The quantitative estimate of drug-likeness (QED) is 0.929. The van der Waals surface area contributed by atoms with Gasteiger partial charge in [0.15, 0.2) is 0 Å². The van der Waals surface area contributed by atoms with Crippen molar-refractivity contribution < 1.29 is 9.13 Å². The maximum absolute atomic E-state index is 13.6. The number of ether oxygens (including phenoxy) is 1. The summed E-state index contributed by atoms with van der Waals surface area (Å²) >= 11 is 5.87. The van der Waals surface area contributed by atoms with E-state index in [2.05, 4.69) is 4.98 Å². The first-order valence-electron chi connectivity index (χ1n) is 5.32. The van der Waals surface area contributed by atoms with Gasteiger partial charge in [-0.3, -0.25) is 4.98 Å². The molecule has 0 fully saturated rings. The Morgan fingerprint density at radius 2 is 2.11 bits per heavy atom. The lowest BCUT2D eigenvalue weighted by atomic mass is 9.99. The van der Waals surface area contributed by atoms with Gasteiger partial charge in [0.05, 0.1) is 19.3 Å². The van der Waals surface area contributed by atoms with Crippen LogP contribution in [0.25, 0.3) is 0 Å². The van der Waals surface area contributed by atoms with Gasteiger partial charge in [-0.15, -0.1) is 0 Å². The third-order valence-corrected chi connectivity index (χ3v) is 2.90. The molecule has 0 aliphatic carbocycles. The van der Waals surface area contributed by atoms with E-state index in [0.29, 0.717) is 21.9 Å². The third-order valence-electron chi connectivity index (χ3n) is 2.67. The van der Waals surface area contributed by atoms with Crippen LogP contribution >= 0.6 is 11.6 Å². The van der Waals surface area contributed by atoms with Crippen LogP contribution in [0, 0.1) is 5.82 Å². The van der Waals surface area contributed by atoms with Crippen LogP contribution < -0.4 is 10.5 Å². The molecule has 1 heterocycles. The second kappa shape index (κ2) is 5.33. The number of rotatable bonds is 3. The summed E-state index contributed by atoms with van der Waals surface area (Å²) in [6.45, 7) is 0. The molecule has 3 nitrogen and oxygen atoms in total. The maximum Gasteiger partial charge on any atom is 0.146 e. The zero-order valence-corrected chi connectivity index (χ0v) is 10.5. The molecule has 1 aromatic carbocycles. The van der Waals surface area contributed by atoms with Crippen molar-refractivity contribution >= 4 is 11.6 Å². The molecule has 0 aliphatic rings. The molecule has 18 heavy (non-hydrogen) atoms. The van der Waals surface area contributed by atoms with Gasteiger partial charge < -0.3 is 10.5 Å². The fourth-order valence-corrected chi connectivity index (χ4v) is 1.91. The number of nitrogens with zero attached hydrogens (tertiary/aromatic N) is 1. The minimum atomic E-state index is -0.625. The molecule has 0 spiro atoms. The first-order chi connectivity index (χ1) is 8.63. The van der Waals surface area contributed by atoms with Gasteiger partial charge in [0.25, 0.3) is 0 Å². The number of halogens is 2. The summed E-state index contributed by atoms with van der Waals surface area (Å²) in [7, 11) is 1.52. The SMILES string of the molecule is COc1cc(Cl)ccc1C(N)c1ccncc1F. The van der Waals surface area contributed by atoms with Gasteiger partial charge in [0, 0.05) is 22.3 Å². The molecule has 1 aromatic heterocycles. The lowest BCUT2D eigenvalue weighted by molar-refractivity contribution is 0.407. The van der Waals surface area contributed by atoms with E-state index in [1.807, 2.05) is 0 Å². The highest BCUT2D eigenvalue weighted by Gasteiger charge is 2.17. The molecule has 0 saturated heterocycles. The highest BCUT2D eigenvalue weighted by atomic mass is 35.5. The predicted octanol–water partition coefficient (Wildman–Crippen LogP) is 2.93. The summed E-state index contributed by atoms with van der Waals surface area (Å²) in [5, 5.41) is 0.540. The van der Waals surface area contributed by atoms with Crippen LogP contribution in [0.5, 0.6) is 5.75 Å². The monoisotopic (exact) mass is 266 g/mol. The Balaban J connectivity index is 2.46. The van der Waals surface area contributed by atoms with Crippen LogP contribution in [0.3, 0.4) is 0 Å². The highest BCUT2D eigenvalue weighted by molar-refractivity contribution is 6.30. The average molecular weight is 267 g/mol. The normalized spacial score (nSPS) is 12.2. The predicted molar refractivity (Wildman–Crippen MR) is 68.2 cm³/mol. The average Bonchev–Trinajstić information content (AvgIpc) is 2.38.